The molecular weight excluding hydrogens is 419 g/mol. The number of likely N-dealkylation sites (N-methyl/N-ethyl adjacent to an activating group) is 1. The van der Waals surface area contributed by atoms with Gasteiger partial charge in [-0.25, -0.2) is 18.0 Å². The topological polar surface area (TPSA) is 104 Å². The van der Waals surface area contributed by atoms with Gasteiger partial charge in [-0.15, -0.1) is 0 Å². The first kappa shape index (κ1) is 21.9. The van der Waals surface area contributed by atoms with Crippen LogP contribution in [0.25, 0.3) is 0 Å². The quantitative estimate of drug-likeness (QED) is 0.411. The molecule has 0 unspecified atom stereocenters. The number of sulfonamides is 1. The van der Waals surface area contributed by atoms with Gasteiger partial charge in [0.2, 0.25) is 10.0 Å². The Kier molecular flexibility index (Phi) is 7.47. The minimum atomic E-state index is -4.12. The standard InChI is InChI=1S/C16H20Cl2N2O6S/c1-19(7-8-20-5-3-2-4-6-20)27(24,25)13-10-11(17)9-12(18)14(13)26-16(23)15(21)22/h9-10H,2-8H2,1H3,(H,21,22). The second kappa shape index (κ2) is 9.20. The minimum Gasteiger partial charge on any atom is -0.473 e. The molecule has 1 saturated heterocycles. The molecule has 0 aliphatic carbocycles. The summed E-state index contributed by atoms with van der Waals surface area (Å²) in [6, 6.07) is 2.24. The van der Waals surface area contributed by atoms with Crippen LogP contribution >= 0.6 is 23.2 Å². The Balaban J connectivity index is 2.27. The van der Waals surface area contributed by atoms with Crippen molar-refractivity contribution >= 4 is 45.2 Å². The first-order chi connectivity index (χ1) is 12.6. The summed E-state index contributed by atoms with van der Waals surface area (Å²) in [6.45, 7) is 2.59. The molecule has 1 aliphatic rings. The minimum absolute atomic E-state index is 0.0122. The highest BCUT2D eigenvalue weighted by Gasteiger charge is 2.30. The molecule has 0 atom stereocenters. The number of halogens is 2. The van der Waals surface area contributed by atoms with Crippen LogP contribution in [0.2, 0.25) is 10.0 Å². The number of aliphatic carboxylic acids is 1. The van der Waals surface area contributed by atoms with E-state index < -0.39 is 32.6 Å². The van der Waals surface area contributed by atoms with Crippen molar-refractivity contribution in [3.63, 3.8) is 0 Å². The third kappa shape index (κ3) is 5.55. The van der Waals surface area contributed by atoms with Crippen molar-refractivity contribution in [3.05, 3.63) is 22.2 Å². The Hall–Kier alpha value is -1.39. The lowest BCUT2D eigenvalue weighted by molar-refractivity contribution is -0.158. The summed E-state index contributed by atoms with van der Waals surface area (Å²) in [4.78, 5) is 23.9. The number of nitrogens with zero attached hydrogens (tertiary/aromatic N) is 2. The third-order valence-corrected chi connectivity index (χ3v) is 6.57. The van der Waals surface area contributed by atoms with Crippen LogP contribution in [-0.2, 0) is 19.6 Å². The molecular formula is C16H20Cl2N2O6S. The molecule has 1 aromatic rings. The number of ether oxygens (including phenoxy) is 1. The van der Waals surface area contributed by atoms with Gasteiger partial charge in [-0.3, -0.25) is 0 Å². The van der Waals surface area contributed by atoms with Crippen molar-refractivity contribution < 1.29 is 27.9 Å². The van der Waals surface area contributed by atoms with E-state index in [1.807, 2.05) is 0 Å². The van der Waals surface area contributed by atoms with Gasteiger partial charge in [-0.05, 0) is 38.1 Å². The molecule has 2 rings (SSSR count). The first-order valence-electron chi connectivity index (χ1n) is 8.25. The number of esters is 1. The number of likely N-dealkylation sites (tertiary alicyclic amines) is 1. The molecule has 0 aromatic heterocycles. The maximum absolute atomic E-state index is 12.9. The summed E-state index contributed by atoms with van der Waals surface area (Å²) in [7, 11) is -2.73. The SMILES string of the molecule is CN(CCN1CCCCC1)S(=O)(=O)c1cc(Cl)cc(Cl)c1OC(=O)C(=O)O. The normalized spacial score (nSPS) is 15.7. The highest BCUT2D eigenvalue weighted by molar-refractivity contribution is 7.89. The molecule has 1 aromatic carbocycles. The highest BCUT2D eigenvalue weighted by atomic mass is 35.5. The molecule has 1 heterocycles. The predicted octanol–water partition coefficient (Wildman–Crippen LogP) is 2.09. The first-order valence-corrected chi connectivity index (χ1v) is 10.5. The molecule has 1 aliphatic heterocycles. The van der Waals surface area contributed by atoms with Crippen LogP contribution in [-0.4, -0.2) is 67.9 Å². The summed E-state index contributed by atoms with van der Waals surface area (Å²) < 4.78 is 31.6. The number of hydrogen-bond acceptors (Lipinski definition) is 6. The Morgan fingerprint density at radius 2 is 1.85 bits per heavy atom. The van der Waals surface area contributed by atoms with Crippen LogP contribution in [0.4, 0.5) is 0 Å². The molecule has 0 amide bonds. The third-order valence-electron chi connectivity index (χ3n) is 4.21. The zero-order valence-corrected chi connectivity index (χ0v) is 17.0. The summed E-state index contributed by atoms with van der Waals surface area (Å²) >= 11 is 11.8. The second-order valence-electron chi connectivity index (χ2n) is 6.14. The van der Waals surface area contributed by atoms with E-state index in [2.05, 4.69) is 9.64 Å². The molecule has 0 radical (unpaired) electrons. The van der Waals surface area contributed by atoms with Crippen LogP contribution in [0.5, 0.6) is 5.75 Å². The van der Waals surface area contributed by atoms with Crippen molar-refractivity contribution in [2.24, 2.45) is 0 Å². The molecule has 0 bridgehead atoms. The molecule has 0 spiro atoms. The summed E-state index contributed by atoms with van der Waals surface area (Å²) in [5.41, 5.74) is 0. The van der Waals surface area contributed by atoms with Gasteiger partial charge in [-0.1, -0.05) is 29.6 Å². The highest BCUT2D eigenvalue weighted by Crippen LogP contribution is 2.36. The van der Waals surface area contributed by atoms with Crippen molar-refractivity contribution in [1.29, 1.82) is 0 Å². The number of hydrogen-bond donors (Lipinski definition) is 1. The molecule has 150 valence electrons. The predicted molar refractivity (Wildman–Crippen MR) is 99.8 cm³/mol. The zero-order valence-electron chi connectivity index (χ0n) is 14.7. The molecule has 27 heavy (non-hydrogen) atoms. The van der Waals surface area contributed by atoms with E-state index in [1.54, 1.807) is 0 Å². The van der Waals surface area contributed by atoms with E-state index in [4.69, 9.17) is 28.3 Å². The maximum atomic E-state index is 12.9. The number of carbonyl (C=O) groups excluding carboxylic acids is 1. The summed E-state index contributed by atoms with van der Waals surface area (Å²) in [6.07, 6.45) is 3.33. The Labute approximate surface area is 167 Å². The fourth-order valence-corrected chi connectivity index (χ4v) is 4.69. The Morgan fingerprint density at radius 1 is 1.22 bits per heavy atom. The molecule has 11 heteroatoms. The number of benzene rings is 1. The number of carboxylic acid groups (broad SMARTS) is 1. The largest absolute Gasteiger partial charge is 0.473 e. The van der Waals surface area contributed by atoms with E-state index in [9.17, 15) is 18.0 Å². The maximum Gasteiger partial charge on any atom is 0.422 e. The van der Waals surface area contributed by atoms with Crippen molar-refractivity contribution in [2.75, 3.05) is 33.2 Å². The van der Waals surface area contributed by atoms with Crippen molar-refractivity contribution in [2.45, 2.75) is 24.2 Å². The van der Waals surface area contributed by atoms with E-state index in [0.29, 0.717) is 6.54 Å². The number of piperidine rings is 1. The summed E-state index contributed by atoms with van der Waals surface area (Å²) in [5.74, 6) is -4.08. The summed E-state index contributed by atoms with van der Waals surface area (Å²) in [5, 5.41) is 8.45. The molecule has 1 N–H and O–H groups in total. The smallest absolute Gasteiger partial charge is 0.422 e. The van der Waals surface area contributed by atoms with Gasteiger partial charge in [0.15, 0.2) is 5.75 Å². The van der Waals surface area contributed by atoms with E-state index in [1.165, 1.54) is 19.5 Å². The van der Waals surface area contributed by atoms with Gasteiger partial charge in [0.05, 0.1) is 5.02 Å². The fraction of sp³-hybridized carbons (Fsp3) is 0.500. The molecule has 0 saturated carbocycles. The Bertz CT molecular complexity index is 824. The van der Waals surface area contributed by atoms with Crippen LogP contribution in [0.15, 0.2) is 17.0 Å². The van der Waals surface area contributed by atoms with Gasteiger partial charge in [0, 0.05) is 25.2 Å². The molecule has 8 nitrogen and oxygen atoms in total. The number of carboxylic acids is 1. The van der Waals surface area contributed by atoms with Crippen LogP contribution in [0.3, 0.4) is 0 Å². The van der Waals surface area contributed by atoms with Crippen molar-refractivity contribution in [1.82, 2.24) is 9.21 Å². The fourth-order valence-electron chi connectivity index (χ4n) is 2.72. The van der Waals surface area contributed by atoms with Gasteiger partial charge < -0.3 is 14.7 Å². The molecule has 1 fully saturated rings. The zero-order chi connectivity index (χ0) is 20.2. The van der Waals surface area contributed by atoms with Crippen LogP contribution in [0, 0.1) is 0 Å². The lowest BCUT2D eigenvalue weighted by Crippen LogP contribution is -2.38. The van der Waals surface area contributed by atoms with Gasteiger partial charge in [0.25, 0.3) is 0 Å². The lowest BCUT2D eigenvalue weighted by atomic mass is 10.1. The second-order valence-corrected chi connectivity index (χ2v) is 9.00. The van der Waals surface area contributed by atoms with E-state index in [0.717, 1.165) is 36.3 Å². The number of rotatable bonds is 6. The number of carbonyl (C=O) groups is 2. The lowest BCUT2D eigenvalue weighted by Gasteiger charge is -2.28. The van der Waals surface area contributed by atoms with Crippen LogP contribution in [0.1, 0.15) is 19.3 Å². The van der Waals surface area contributed by atoms with Crippen LogP contribution < -0.4 is 4.74 Å². The Morgan fingerprint density at radius 3 is 2.44 bits per heavy atom. The average molecular weight is 439 g/mol. The monoisotopic (exact) mass is 438 g/mol. The van der Waals surface area contributed by atoms with E-state index in [-0.39, 0.29) is 16.6 Å². The van der Waals surface area contributed by atoms with Gasteiger partial charge in [-0.2, -0.15) is 4.31 Å². The van der Waals surface area contributed by atoms with Gasteiger partial charge >= 0.3 is 11.9 Å². The average Bonchev–Trinajstić information content (AvgIpc) is 2.62. The van der Waals surface area contributed by atoms with Gasteiger partial charge in [0.1, 0.15) is 4.90 Å². The van der Waals surface area contributed by atoms with E-state index >= 15 is 0 Å². The van der Waals surface area contributed by atoms with Crippen molar-refractivity contribution in [3.8, 4) is 5.75 Å².